The maximum absolute atomic E-state index is 2.37. The lowest BCUT2D eigenvalue weighted by Gasteiger charge is -2.26. The molecule has 0 aliphatic heterocycles. The van der Waals surface area contributed by atoms with Crippen LogP contribution in [0.4, 0.5) is 17.1 Å². The van der Waals surface area contributed by atoms with Crippen LogP contribution in [-0.2, 0) is 0 Å². The van der Waals surface area contributed by atoms with Gasteiger partial charge in [-0.1, -0.05) is 103 Å². The number of fused-ring (bicyclic) bond motifs is 7. The second kappa shape index (κ2) is 11.2. The van der Waals surface area contributed by atoms with Crippen LogP contribution in [0.25, 0.3) is 69.6 Å². The summed E-state index contributed by atoms with van der Waals surface area (Å²) < 4.78 is 5.02. The lowest BCUT2D eigenvalue weighted by atomic mass is 9.98. The van der Waals surface area contributed by atoms with E-state index in [2.05, 4.69) is 191 Å². The van der Waals surface area contributed by atoms with Crippen LogP contribution in [-0.4, -0.2) is 4.57 Å². The fourth-order valence-corrected chi connectivity index (χ4v) is 8.68. The Morgan fingerprint density at radius 3 is 1.88 bits per heavy atom. The number of anilines is 3. The first-order valence-corrected chi connectivity index (χ1v) is 17.5. The zero-order valence-corrected chi connectivity index (χ0v) is 27.4. The third-order valence-electron chi connectivity index (χ3n) is 9.74. The molecule has 0 aliphatic carbocycles. The van der Waals surface area contributed by atoms with Crippen molar-refractivity contribution in [2.45, 2.75) is 0 Å². The lowest BCUT2D eigenvalue weighted by molar-refractivity contribution is 1.18. The fraction of sp³-hybridized carbons (Fsp3) is 0. The number of hydrogen-bond donors (Lipinski definition) is 0. The van der Waals surface area contributed by atoms with Gasteiger partial charge in [0.25, 0.3) is 0 Å². The molecule has 3 heteroatoms. The molecule has 49 heavy (non-hydrogen) atoms. The van der Waals surface area contributed by atoms with Crippen molar-refractivity contribution in [1.82, 2.24) is 4.57 Å². The van der Waals surface area contributed by atoms with E-state index >= 15 is 0 Å². The highest BCUT2D eigenvalue weighted by molar-refractivity contribution is 7.26. The van der Waals surface area contributed by atoms with Gasteiger partial charge in [0.05, 0.1) is 11.0 Å². The molecule has 0 saturated carbocycles. The monoisotopic (exact) mass is 642 g/mol. The highest BCUT2D eigenvalue weighted by atomic mass is 32.1. The molecule has 10 aromatic rings. The van der Waals surface area contributed by atoms with E-state index in [0.29, 0.717) is 0 Å². The van der Waals surface area contributed by atoms with Gasteiger partial charge in [0, 0.05) is 53.7 Å². The van der Waals surface area contributed by atoms with Crippen molar-refractivity contribution in [3.63, 3.8) is 0 Å². The third-order valence-corrected chi connectivity index (χ3v) is 10.9. The number of aromatic nitrogens is 1. The molecule has 0 spiro atoms. The Kier molecular flexibility index (Phi) is 6.39. The molecular formula is C46H30N2S. The Hall–Kier alpha value is -6.16. The number of rotatable bonds is 5. The van der Waals surface area contributed by atoms with Crippen molar-refractivity contribution >= 4 is 81.1 Å². The molecule has 2 aromatic heterocycles. The van der Waals surface area contributed by atoms with Gasteiger partial charge in [-0.05, 0) is 101 Å². The molecular weight excluding hydrogens is 613 g/mol. The van der Waals surface area contributed by atoms with Gasteiger partial charge in [-0.3, -0.25) is 0 Å². The Balaban J connectivity index is 1.12. The summed E-state index contributed by atoms with van der Waals surface area (Å²) in [4.78, 5) is 2.37. The van der Waals surface area contributed by atoms with Crippen LogP contribution < -0.4 is 4.90 Å². The Morgan fingerprint density at radius 1 is 0.408 bits per heavy atom. The Morgan fingerprint density at radius 2 is 1.06 bits per heavy atom. The molecule has 2 heterocycles. The van der Waals surface area contributed by atoms with Crippen molar-refractivity contribution < 1.29 is 0 Å². The highest BCUT2D eigenvalue weighted by Crippen LogP contribution is 2.43. The number of para-hydroxylation sites is 3. The van der Waals surface area contributed by atoms with Crippen molar-refractivity contribution in [2.75, 3.05) is 4.90 Å². The summed E-state index contributed by atoms with van der Waals surface area (Å²) in [6.45, 7) is 0. The van der Waals surface area contributed by atoms with E-state index in [1.54, 1.807) is 0 Å². The van der Waals surface area contributed by atoms with Crippen LogP contribution in [0.3, 0.4) is 0 Å². The van der Waals surface area contributed by atoms with E-state index in [4.69, 9.17) is 0 Å². The number of nitrogens with zero attached hydrogens (tertiary/aromatic N) is 2. The molecule has 0 unspecified atom stereocenters. The number of thiophene rings is 1. The van der Waals surface area contributed by atoms with Crippen LogP contribution in [0.1, 0.15) is 0 Å². The molecule has 0 amide bonds. The summed E-state index contributed by atoms with van der Waals surface area (Å²) in [5.41, 5.74) is 9.43. The van der Waals surface area contributed by atoms with Gasteiger partial charge in [0.15, 0.2) is 0 Å². The quantitative estimate of drug-likeness (QED) is 0.181. The molecule has 0 radical (unpaired) electrons. The van der Waals surface area contributed by atoms with Crippen LogP contribution in [0.2, 0.25) is 0 Å². The average molecular weight is 643 g/mol. The van der Waals surface area contributed by atoms with E-state index in [9.17, 15) is 0 Å². The van der Waals surface area contributed by atoms with Crippen molar-refractivity contribution in [1.29, 1.82) is 0 Å². The smallest absolute Gasteiger partial charge is 0.0542 e. The van der Waals surface area contributed by atoms with Gasteiger partial charge in [0.1, 0.15) is 0 Å². The lowest BCUT2D eigenvalue weighted by Crippen LogP contribution is -2.09. The molecule has 230 valence electrons. The minimum atomic E-state index is 1.12. The normalized spacial score (nSPS) is 11.7. The summed E-state index contributed by atoms with van der Waals surface area (Å²) in [6.07, 6.45) is 0. The molecule has 0 bridgehead atoms. The summed E-state index contributed by atoms with van der Waals surface area (Å²) in [7, 11) is 0. The molecule has 0 atom stereocenters. The summed E-state index contributed by atoms with van der Waals surface area (Å²) in [6, 6.07) is 66.1. The molecule has 2 nitrogen and oxygen atoms in total. The molecule has 10 rings (SSSR count). The van der Waals surface area contributed by atoms with Crippen molar-refractivity contribution in [2.24, 2.45) is 0 Å². The number of hydrogen-bond acceptors (Lipinski definition) is 2. The third kappa shape index (κ3) is 4.55. The minimum absolute atomic E-state index is 1.12. The fourth-order valence-electron chi connectivity index (χ4n) is 7.52. The Bertz CT molecular complexity index is 2810. The second-order valence-electron chi connectivity index (χ2n) is 12.6. The molecule has 8 aromatic carbocycles. The largest absolute Gasteiger partial charge is 0.310 e. The van der Waals surface area contributed by atoms with Crippen LogP contribution in [0, 0.1) is 0 Å². The SMILES string of the molecule is c1ccc(N(c2ccc(-c3cccc4sc5cc6ccccc6cc5c34)cc2)c2ccc3c(c2)c2ccccc2n3-c2ccccc2)cc1. The van der Waals surface area contributed by atoms with E-state index in [0.717, 1.165) is 17.1 Å². The summed E-state index contributed by atoms with van der Waals surface area (Å²) >= 11 is 1.88. The van der Waals surface area contributed by atoms with Gasteiger partial charge in [-0.2, -0.15) is 0 Å². The van der Waals surface area contributed by atoms with Crippen LogP contribution >= 0.6 is 11.3 Å². The first-order valence-electron chi connectivity index (χ1n) is 16.7. The number of benzene rings is 8. The maximum atomic E-state index is 2.37. The van der Waals surface area contributed by atoms with E-state index in [-0.39, 0.29) is 0 Å². The molecule has 0 aliphatic rings. The van der Waals surface area contributed by atoms with Crippen molar-refractivity contribution in [3.05, 3.63) is 182 Å². The van der Waals surface area contributed by atoms with Crippen LogP contribution in [0.15, 0.2) is 182 Å². The second-order valence-corrected chi connectivity index (χ2v) is 13.7. The Labute approximate surface area is 288 Å². The molecule has 0 N–H and O–H groups in total. The van der Waals surface area contributed by atoms with Gasteiger partial charge < -0.3 is 9.47 Å². The van der Waals surface area contributed by atoms with E-state index in [1.807, 2.05) is 11.3 Å². The van der Waals surface area contributed by atoms with Gasteiger partial charge in [-0.15, -0.1) is 11.3 Å². The minimum Gasteiger partial charge on any atom is -0.310 e. The molecule has 0 fully saturated rings. The van der Waals surface area contributed by atoms with Crippen LogP contribution in [0.5, 0.6) is 0 Å². The topological polar surface area (TPSA) is 8.17 Å². The molecule has 0 saturated heterocycles. The zero-order valence-electron chi connectivity index (χ0n) is 26.6. The first-order chi connectivity index (χ1) is 24.3. The predicted octanol–water partition coefficient (Wildman–Crippen LogP) is 13.4. The van der Waals surface area contributed by atoms with Gasteiger partial charge >= 0.3 is 0 Å². The highest BCUT2D eigenvalue weighted by Gasteiger charge is 2.18. The van der Waals surface area contributed by atoms with Gasteiger partial charge in [0.2, 0.25) is 0 Å². The predicted molar refractivity (Wildman–Crippen MR) is 211 cm³/mol. The van der Waals surface area contributed by atoms with E-state index in [1.165, 1.54) is 69.6 Å². The standard InChI is InChI=1S/C46H30N2S/c1-3-14-34(15-4-1)47(37-26-27-43-40(30-37)39-18-9-10-20-42(39)48(43)35-16-5-2-6-17-35)36-24-22-31(23-25-36)38-19-11-21-44-46(38)41-28-32-12-7-8-13-33(32)29-45(41)49-44/h1-30H. The summed E-state index contributed by atoms with van der Waals surface area (Å²) in [5, 5.41) is 7.71. The van der Waals surface area contributed by atoms with Gasteiger partial charge in [-0.25, -0.2) is 0 Å². The average Bonchev–Trinajstić information content (AvgIpc) is 3.70. The maximum Gasteiger partial charge on any atom is 0.0542 e. The van der Waals surface area contributed by atoms with Crippen molar-refractivity contribution in [3.8, 4) is 16.8 Å². The van der Waals surface area contributed by atoms with E-state index < -0.39 is 0 Å². The zero-order chi connectivity index (χ0) is 32.3. The summed E-state index contributed by atoms with van der Waals surface area (Å²) in [5.74, 6) is 0. The first kappa shape index (κ1) is 27.9.